The fourth-order valence-corrected chi connectivity index (χ4v) is 2.02. The van der Waals surface area contributed by atoms with Gasteiger partial charge in [-0.15, -0.1) is 0 Å². The Labute approximate surface area is 105 Å². The number of anilines is 1. The maximum Gasteiger partial charge on any atom is 0.260 e. The molecule has 5 nitrogen and oxygen atoms in total. The summed E-state index contributed by atoms with van der Waals surface area (Å²) in [5.41, 5.74) is 7.26. The Morgan fingerprint density at radius 3 is 2.89 bits per heavy atom. The minimum atomic E-state index is 0.453. The molecule has 0 bridgehead atoms. The van der Waals surface area contributed by atoms with Gasteiger partial charge in [-0.3, -0.25) is 0 Å². The summed E-state index contributed by atoms with van der Waals surface area (Å²) in [7, 11) is 1.61. The van der Waals surface area contributed by atoms with Crippen molar-refractivity contribution in [1.29, 1.82) is 0 Å². The van der Waals surface area contributed by atoms with Crippen LogP contribution in [0.25, 0.3) is 11.5 Å². The number of ether oxygens (including phenoxy) is 1. The lowest BCUT2D eigenvalue weighted by Crippen LogP contribution is -2.10. The number of nitrogens with zero attached hydrogens (tertiary/aromatic N) is 2. The van der Waals surface area contributed by atoms with E-state index >= 15 is 0 Å². The number of nitrogen functional groups attached to an aromatic ring is 1. The molecule has 1 aromatic heterocycles. The molecule has 0 radical (unpaired) electrons. The fourth-order valence-electron chi connectivity index (χ4n) is 2.02. The standard InChI is InChI=1S/C13H15N3O2/c1-17-9-5-6-11(14)10(7-9)13-15-12(16-18-13)8-3-2-4-8/h5-8H,2-4,14H2,1H3. The predicted molar refractivity (Wildman–Crippen MR) is 67.3 cm³/mol. The van der Waals surface area contributed by atoms with Gasteiger partial charge in [0.15, 0.2) is 5.82 Å². The molecule has 18 heavy (non-hydrogen) atoms. The number of benzene rings is 1. The van der Waals surface area contributed by atoms with Crippen molar-refractivity contribution < 1.29 is 9.26 Å². The molecule has 0 spiro atoms. The third kappa shape index (κ3) is 1.81. The highest BCUT2D eigenvalue weighted by Crippen LogP contribution is 2.36. The Bertz CT molecular complexity index is 561. The number of hydrogen-bond acceptors (Lipinski definition) is 5. The van der Waals surface area contributed by atoms with Crippen molar-refractivity contribution in [2.75, 3.05) is 12.8 Å². The maximum absolute atomic E-state index is 5.92. The quantitative estimate of drug-likeness (QED) is 0.841. The van der Waals surface area contributed by atoms with Crippen molar-refractivity contribution in [3.8, 4) is 17.2 Å². The van der Waals surface area contributed by atoms with Gasteiger partial charge in [-0.05, 0) is 31.0 Å². The van der Waals surface area contributed by atoms with Gasteiger partial charge in [0.25, 0.3) is 5.89 Å². The summed E-state index contributed by atoms with van der Waals surface area (Å²) >= 11 is 0. The van der Waals surface area contributed by atoms with Crippen LogP contribution < -0.4 is 10.5 Å². The van der Waals surface area contributed by atoms with E-state index in [4.69, 9.17) is 15.0 Å². The van der Waals surface area contributed by atoms with E-state index in [0.29, 0.717) is 17.5 Å². The molecule has 1 fully saturated rings. The lowest BCUT2D eigenvalue weighted by Gasteiger charge is -2.20. The van der Waals surface area contributed by atoms with Gasteiger partial charge in [0, 0.05) is 11.6 Å². The van der Waals surface area contributed by atoms with E-state index in [1.165, 1.54) is 6.42 Å². The van der Waals surface area contributed by atoms with Crippen LogP contribution in [0.15, 0.2) is 22.7 Å². The van der Waals surface area contributed by atoms with Gasteiger partial charge < -0.3 is 15.0 Å². The van der Waals surface area contributed by atoms with Gasteiger partial charge in [0.1, 0.15) is 5.75 Å². The van der Waals surface area contributed by atoms with Crippen LogP contribution in [-0.2, 0) is 0 Å². The van der Waals surface area contributed by atoms with Gasteiger partial charge in [0.05, 0.1) is 12.7 Å². The fraction of sp³-hybridized carbons (Fsp3) is 0.385. The minimum absolute atomic E-state index is 0.453. The Balaban J connectivity index is 1.95. The minimum Gasteiger partial charge on any atom is -0.497 e. The van der Waals surface area contributed by atoms with Crippen molar-refractivity contribution in [1.82, 2.24) is 10.1 Å². The predicted octanol–water partition coefficient (Wildman–Crippen LogP) is 2.59. The van der Waals surface area contributed by atoms with Crippen molar-refractivity contribution in [3.63, 3.8) is 0 Å². The summed E-state index contributed by atoms with van der Waals surface area (Å²) in [6, 6.07) is 5.40. The van der Waals surface area contributed by atoms with Crippen molar-refractivity contribution in [3.05, 3.63) is 24.0 Å². The Morgan fingerprint density at radius 1 is 1.39 bits per heavy atom. The molecule has 0 atom stereocenters. The first-order chi connectivity index (χ1) is 8.78. The second kappa shape index (κ2) is 4.33. The molecule has 3 rings (SSSR count). The lowest BCUT2D eigenvalue weighted by molar-refractivity contribution is 0.366. The van der Waals surface area contributed by atoms with E-state index in [0.717, 1.165) is 30.0 Å². The smallest absolute Gasteiger partial charge is 0.260 e. The summed E-state index contributed by atoms with van der Waals surface area (Å²) in [4.78, 5) is 4.43. The Kier molecular flexibility index (Phi) is 2.66. The molecule has 2 N–H and O–H groups in total. The Morgan fingerprint density at radius 2 is 2.22 bits per heavy atom. The summed E-state index contributed by atoms with van der Waals surface area (Å²) in [5, 5.41) is 4.03. The van der Waals surface area contributed by atoms with Gasteiger partial charge in [0.2, 0.25) is 0 Å². The molecular formula is C13H15N3O2. The summed E-state index contributed by atoms with van der Waals surface area (Å²) in [6.07, 6.45) is 3.54. The first-order valence-electron chi connectivity index (χ1n) is 6.05. The molecule has 1 saturated carbocycles. The number of rotatable bonds is 3. The van der Waals surface area contributed by atoms with Gasteiger partial charge in [-0.25, -0.2) is 0 Å². The molecule has 2 aromatic rings. The monoisotopic (exact) mass is 245 g/mol. The molecule has 0 unspecified atom stereocenters. The van der Waals surface area contributed by atoms with Crippen LogP contribution in [0.1, 0.15) is 31.0 Å². The highest BCUT2D eigenvalue weighted by molar-refractivity contribution is 5.72. The van der Waals surface area contributed by atoms with E-state index in [-0.39, 0.29) is 0 Å². The van der Waals surface area contributed by atoms with Gasteiger partial charge >= 0.3 is 0 Å². The zero-order chi connectivity index (χ0) is 12.5. The third-order valence-electron chi connectivity index (χ3n) is 3.40. The lowest BCUT2D eigenvalue weighted by atomic mass is 9.85. The van der Waals surface area contributed by atoms with Crippen LogP contribution >= 0.6 is 0 Å². The average Bonchev–Trinajstić information content (AvgIpc) is 2.76. The summed E-state index contributed by atoms with van der Waals surface area (Å²) < 4.78 is 10.5. The number of hydrogen-bond donors (Lipinski definition) is 1. The van der Waals surface area contributed by atoms with Gasteiger partial charge in [-0.1, -0.05) is 11.6 Å². The SMILES string of the molecule is COc1ccc(N)c(-c2nc(C3CCC3)no2)c1. The van der Waals surface area contributed by atoms with Crippen molar-refractivity contribution >= 4 is 5.69 Å². The summed E-state index contributed by atoms with van der Waals surface area (Å²) in [5.74, 6) is 2.43. The molecule has 94 valence electrons. The highest BCUT2D eigenvalue weighted by Gasteiger charge is 2.25. The molecule has 0 saturated heterocycles. The van der Waals surface area contributed by atoms with Gasteiger partial charge in [-0.2, -0.15) is 4.98 Å². The molecule has 5 heteroatoms. The molecule has 1 aliphatic carbocycles. The molecule has 1 aliphatic rings. The number of methoxy groups -OCH3 is 1. The normalized spacial score (nSPS) is 15.4. The molecule has 0 aliphatic heterocycles. The highest BCUT2D eigenvalue weighted by atomic mass is 16.5. The van der Waals surface area contributed by atoms with Crippen LogP contribution in [0, 0.1) is 0 Å². The van der Waals surface area contributed by atoms with Crippen molar-refractivity contribution in [2.45, 2.75) is 25.2 Å². The van der Waals surface area contributed by atoms with Crippen LogP contribution in [-0.4, -0.2) is 17.3 Å². The maximum atomic E-state index is 5.92. The van der Waals surface area contributed by atoms with E-state index in [2.05, 4.69) is 10.1 Å². The topological polar surface area (TPSA) is 74.2 Å². The first kappa shape index (κ1) is 11.1. The number of nitrogens with two attached hydrogens (primary N) is 1. The average molecular weight is 245 g/mol. The second-order valence-corrected chi connectivity index (χ2v) is 4.54. The molecule has 1 aromatic carbocycles. The van der Waals surface area contributed by atoms with Crippen LogP contribution in [0.2, 0.25) is 0 Å². The van der Waals surface area contributed by atoms with E-state index in [1.54, 1.807) is 13.2 Å². The van der Waals surface area contributed by atoms with E-state index < -0.39 is 0 Å². The van der Waals surface area contributed by atoms with Crippen molar-refractivity contribution in [2.24, 2.45) is 0 Å². The van der Waals surface area contributed by atoms with E-state index in [1.807, 2.05) is 12.1 Å². The largest absolute Gasteiger partial charge is 0.497 e. The molecular weight excluding hydrogens is 230 g/mol. The first-order valence-corrected chi connectivity index (χ1v) is 6.05. The Hall–Kier alpha value is -2.04. The van der Waals surface area contributed by atoms with Crippen LogP contribution in [0.5, 0.6) is 5.75 Å². The zero-order valence-electron chi connectivity index (χ0n) is 10.2. The van der Waals surface area contributed by atoms with Crippen LogP contribution in [0.4, 0.5) is 5.69 Å². The number of aromatic nitrogens is 2. The third-order valence-corrected chi connectivity index (χ3v) is 3.40. The summed E-state index contributed by atoms with van der Waals surface area (Å²) in [6.45, 7) is 0. The second-order valence-electron chi connectivity index (χ2n) is 4.54. The van der Waals surface area contributed by atoms with E-state index in [9.17, 15) is 0 Å². The molecule has 1 heterocycles. The molecule has 0 amide bonds. The van der Waals surface area contributed by atoms with Crippen LogP contribution in [0.3, 0.4) is 0 Å². The zero-order valence-corrected chi connectivity index (χ0v) is 10.2.